The summed E-state index contributed by atoms with van der Waals surface area (Å²) >= 11 is 0. The van der Waals surface area contributed by atoms with E-state index in [9.17, 15) is 9.59 Å². The van der Waals surface area contributed by atoms with Crippen LogP contribution < -0.4 is 0 Å². The standard InChI is InChI=1S/C15H15NO3/c1-10-3-4-11(2)13(7-10)15(19)16-6-5-12(9-16)8-14(17)18/h3-7,9H,8H2,1-2H3,(H,17,18). The van der Waals surface area contributed by atoms with Gasteiger partial charge in [0.15, 0.2) is 0 Å². The third-order valence-corrected chi connectivity index (χ3v) is 2.97. The summed E-state index contributed by atoms with van der Waals surface area (Å²) in [5.74, 6) is -1.05. The zero-order valence-corrected chi connectivity index (χ0v) is 10.9. The number of carboxylic acid groups (broad SMARTS) is 1. The van der Waals surface area contributed by atoms with Gasteiger partial charge in [-0.3, -0.25) is 14.2 Å². The molecule has 19 heavy (non-hydrogen) atoms. The number of aliphatic carboxylic acids is 1. The van der Waals surface area contributed by atoms with Crippen LogP contribution in [0.3, 0.4) is 0 Å². The van der Waals surface area contributed by atoms with Crippen molar-refractivity contribution in [1.82, 2.24) is 4.57 Å². The van der Waals surface area contributed by atoms with Crippen molar-refractivity contribution in [3.05, 3.63) is 58.9 Å². The van der Waals surface area contributed by atoms with Crippen molar-refractivity contribution in [2.45, 2.75) is 20.3 Å². The first-order valence-electron chi connectivity index (χ1n) is 5.98. The van der Waals surface area contributed by atoms with Gasteiger partial charge in [0, 0.05) is 18.0 Å². The molecular formula is C15H15NO3. The predicted octanol–water partition coefficient (Wildman–Crippen LogP) is 2.42. The lowest BCUT2D eigenvalue weighted by Crippen LogP contribution is -2.11. The van der Waals surface area contributed by atoms with E-state index in [-0.39, 0.29) is 12.3 Å². The number of benzene rings is 1. The lowest BCUT2D eigenvalue weighted by atomic mass is 10.1. The molecule has 1 aromatic carbocycles. The van der Waals surface area contributed by atoms with Crippen LogP contribution in [0.1, 0.15) is 27.0 Å². The average Bonchev–Trinajstić information content (AvgIpc) is 2.79. The van der Waals surface area contributed by atoms with Gasteiger partial charge in [0.2, 0.25) is 0 Å². The predicted molar refractivity (Wildman–Crippen MR) is 71.4 cm³/mol. The Morgan fingerprint density at radius 1 is 1.21 bits per heavy atom. The summed E-state index contributed by atoms with van der Waals surface area (Å²) in [5.41, 5.74) is 3.18. The number of carbonyl (C=O) groups is 2. The van der Waals surface area contributed by atoms with E-state index >= 15 is 0 Å². The highest BCUT2D eigenvalue weighted by Gasteiger charge is 2.12. The van der Waals surface area contributed by atoms with Crippen LogP contribution in [0.25, 0.3) is 0 Å². The summed E-state index contributed by atoms with van der Waals surface area (Å²) in [7, 11) is 0. The van der Waals surface area contributed by atoms with E-state index in [0.29, 0.717) is 11.1 Å². The molecule has 0 bridgehead atoms. The minimum absolute atomic E-state index is 0.0763. The molecule has 0 saturated carbocycles. The molecule has 1 N–H and O–H groups in total. The first kappa shape index (κ1) is 13.1. The lowest BCUT2D eigenvalue weighted by molar-refractivity contribution is -0.136. The minimum Gasteiger partial charge on any atom is -0.481 e. The maximum absolute atomic E-state index is 12.3. The SMILES string of the molecule is Cc1ccc(C)c(C(=O)n2ccc(CC(=O)O)c2)c1. The summed E-state index contributed by atoms with van der Waals surface area (Å²) in [4.78, 5) is 23.0. The molecule has 2 aromatic rings. The maximum Gasteiger partial charge on any atom is 0.307 e. The zero-order valence-electron chi connectivity index (χ0n) is 10.9. The highest BCUT2D eigenvalue weighted by molar-refractivity contribution is 5.97. The van der Waals surface area contributed by atoms with Gasteiger partial charge >= 0.3 is 5.97 Å². The zero-order chi connectivity index (χ0) is 14.0. The van der Waals surface area contributed by atoms with E-state index in [2.05, 4.69) is 0 Å². The van der Waals surface area contributed by atoms with Crippen molar-refractivity contribution >= 4 is 11.9 Å². The number of aromatic nitrogens is 1. The van der Waals surface area contributed by atoms with Gasteiger partial charge in [-0.05, 0) is 37.1 Å². The van der Waals surface area contributed by atoms with E-state index in [1.54, 1.807) is 18.5 Å². The molecule has 98 valence electrons. The van der Waals surface area contributed by atoms with Gasteiger partial charge in [-0.25, -0.2) is 0 Å². The van der Waals surface area contributed by atoms with E-state index in [0.717, 1.165) is 11.1 Å². The Labute approximate surface area is 111 Å². The highest BCUT2D eigenvalue weighted by Crippen LogP contribution is 2.13. The number of rotatable bonds is 3. The van der Waals surface area contributed by atoms with Crippen molar-refractivity contribution in [3.8, 4) is 0 Å². The van der Waals surface area contributed by atoms with Crippen LogP contribution in [-0.4, -0.2) is 21.6 Å². The fraction of sp³-hybridized carbons (Fsp3) is 0.200. The lowest BCUT2D eigenvalue weighted by Gasteiger charge is -2.06. The molecule has 2 rings (SSSR count). The van der Waals surface area contributed by atoms with Gasteiger partial charge in [-0.15, -0.1) is 0 Å². The van der Waals surface area contributed by atoms with Crippen molar-refractivity contribution < 1.29 is 14.7 Å². The van der Waals surface area contributed by atoms with Crippen LogP contribution in [0.4, 0.5) is 0 Å². The molecule has 1 heterocycles. The van der Waals surface area contributed by atoms with Crippen LogP contribution in [0.5, 0.6) is 0 Å². The Morgan fingerprint density at radius 2 is 1.95 bits per heavy atom. The Balaban J connectivity index is 2.31. The second-order valence-corrected chi connectivity index (χ2v) is 4.62. The molecule has 0 saturated heterocycles. The summed E-state index contributed by atoms with van der Waals surface area (Å²) in [6, 6.07) is 7.35. The monoisotopic (exact) mass is 257 g/mol. The third-order valence-electron chi connectivity index (χ3n) is 2.97. The van der Waals surface area contributed by atoms with Crippen molar-refractivity contribution in [1.29, 1.82) is 0 Å². The van der Waals surface area contributed by atoms with Crippen LogP contribution in [0.2, 0.25) is 0 Å². The number of nitrogens with zero attached hydrogens (tertiary/aromatic N) is 1. The molecule has 1 aromatic heterocycles. The highest BCUT2D eigenvalue weighted by atomic mass is 16.4. The smallest absolute Gasteiger partial charge is 0.307 e. The van der Waals surface area contributed by atoms with E-state index in [1.807, 2.05) is 32.0 Å². The van der Waals surface area contributed by atoms with Gasteiger partial charge in [0.1, 0.15) is 0 Å². The normalized spacial score (nSPS) is 10.4. The summed E-state index contributed by atoms with van der Waals surface area (Å²) in [5, 5.41) is 8.72. The molecule has 0 amide bonds. The maximum atomic E-state index is 12.3. The number of carbonyl (C=O) groups excluding carboxylic acids is 1. The Bertz CT molecular complexity index is 641. The van der Waals surface area contributed by atoms with Crippen LogP contribution >= 0.6 is 0 Å². The molecule has 0 aliphatic heterocycles. The largest absolute Gasteiger partial charge is 0.481 e. The molecule has 0 radical (unpaired) electrons. The van der Waals surface area contributed by atoms with Gasteiger partial charge in [-0.1, -0.05) is 17.7 Å². The first-order chi connectivity index (χ1) is 8.97. The Kier molecular flexibility index (Phi) is 3.51. The molecule has 0 atom stereocenters. The first-order valence-corrected chi connectivity index (χ1v) is 5.98. The van der Waals surface area contributed by atoms with E-state index in [1.165, 1.54) is 4.57 Å². The topological polar surface area (TPSA) is 59.3 Å². The summed E-state index contributed by atoms with van der Waals surface area (Å²) in [6.45, 7) is 3.82. The number of hydrogen-bond acceptors (Lipinski definition) is 2. The number of aryl methyl sites for hydroxylation is 2. The second-order valence-electron chi connectivity index (χ2n) is 4.62. The molecule has 0 fully saturated rings. The number of carboxylic acids is 1. The molecular weight excluding hydrogens is 242 g/mol. The Morgan fingerprint density at radius 3 is 2.63 bits per heavy atom. The van der Waals surface area contributed by atoms with E-state index < -0.39 is 5.97 Å². The van der Waals surface area contributed by atoms with Gasteiger partial charge in [-0.2, -0.15) is 0 Å². The van der Waals surface area contributed by atoms with Crippen molar-refractivity contribution in [2.75, 3.05) is 0 Å². The second kappa shape index (κ2) is 5.10. The molecule has 0 unspecified atom stereocenters. The van der Waals surface area contributed by atoms with Crippen LogP contribution in [0, 0.1) is 13.8 Å². The van der Waals surface area contributed by atoms with Gasteiger partial charge in [0.05, 0.1) is 6.42 Å². The average molecular weight is 257 g/mol. The minimum atomic E-state index is -0.906. The number of hydrogen-bond donors (Lipinski definition) is 1. The van der Waals surface area contributed by atoms with Gasteiger partial charge < -0.3 is 5.11 Å². The summed E-state index contributed by atoms with van der Waals surface area (Å²) in [6.07, 6.45) is 3.09. The van der Waals surface area contributed by atoms with Crippen molar-refractivity contribution in [3.63, 3.8) is 0 Å². The summed E-state index contributed by atoms with van der Waals surface area (Å²) < 4.78 is 1.43. The molecule has 4 nitrogen and oxygen atoms in total. The fourth-order valence-corrected chi connectivity index (χ4v) is 1.95. The molecule has 4 heteroatoms. The van der Waals surface area contributed by atoms with Crippen LogP contribution in [-0.2, 0) is 11.2 Å². The molecule has 0 aliphatic rings. The van der Waals surface area contributed by atoms with Gasteiger partial charge in [0.25, 0.3) is 5.91 Å². The van der Waals surface area contributed by atoms with Crippen molar-refractivity contribution in [2.24, 2.45) is 0 Å². The Hall–Kier alpha value is -2.36. The van der Waals surface area contributed by atoms with E-state index in [4.69, 9.17) is 5.11 Å². The quantitative estimate of drug-likeness (QED) is 0.918. The third kappa shape index (κ3) is 2.91. The van der Waals surface area contributed by atoms with Crippen LogP contribution in [0.15, 0.2) is 36.7 Å². The fourth-order valence-electron chi connectivity index (χ4n) is 1.95. The molecule has 0 spiro atoms. The molecule has 0 aliphatic carbocycles.